The largest absolute Gasteiger partial charge is 0.508 e. The highest BCUT2D eigenvalue weighted by molar-refractivity contribution is 9.10. The minimum absolute atomic E-state index is 0.0498. The summed E-state index contributed by atoms with van der Waals surface area (Å²) in [6.45, 7) is 0.949. The number of ether oxygens (including phenoxy) is 1. The van der Waals surface area contributed by atoms with E-state index in [2.05, 4.69) is 21.2 Å². The van der Waals surface area contributed by atoms with Gasteiger partial charge in [-0.1, -0.05) is 22.0 Å². The van der Waals surface area contributed by atoms with Crippen molar-refractivity contribution in [3.8, 4) is 11.5 Å². The lowest BCUT2D eigenvalue weighted by molar-refractivity contribution is 0.185. The predicted octanol–water partition coefficient (Wildman–Crippen LogP) is 3.62. The topological polar surface area (TPSA) is 61.7 Å². The second-order valence-electron chi connectivity index (χ2n) is 4.37. The molecule has 2 aromatic rings. The Morgan fingerprint density at radius 2 is 2.00 bits per heavy atom. The van der Waals surface area contributed by atoms with Crippen molar-refractivity contribution in [1.82, 2.24) is 0 Å². The van der Waals surface area contributed by atoms with E-state index in [0.29, 0.717) is 18.7 Å². The molecule has 20 heavy (non-hydrogen) atoms. The second-order valence-corrected chi connectivity index (χ2v) is 5.22. The molecule has 0 radical (unpaired) electrons. The van der Waals surface area contributed by atoms with Crippen LogP contribution in [0, 0.1) is 0 Å². The van der Waals surface area contributed by atoms with Crippen LogP contribution in [0.4, 0.5) is 5.69 Å². The number of hydrogen-bond donors (Lipinski definition) is 3. The van der Waals surface area contributed by atoms with E-state index < -0.39 is 0 Å². The van der Waals surface area contributed by atoms with Gasteiger partial charge < -0.3 is 20.3 Å². The first-order valence-corrected chi connectivity index (χ1v) is 6.92. The summed E-state index contributed by atoms with van der Waals surface area (Å²) in [6.07, 6.45) is 0. The fourth-order valence-corrected chi connectivity index (χ4v) is 2.39. The standard InChI is InChI=1S/C15H16BrNO3/c1-20-9-12-13(16)3-2-4-14(12)17-8-10-5-6-11(18)7-15(10)19/h2-7,17-19H,8-9H2,1H3. The van der Waals surface area contributed by atoms with Gasteiger partial charge in [0.25, 0.3) is 0 Å². The molecule has 0 heterocycles. The fraction of sp³-hybridized carbons (Fsp3) is 0.200. The van der Waals surface area contributed by atoms with Crippen molar-refractivity contribution < 1.29 is 14.9 Å². The molecule has 0 aliphatic heterocycles. The number of anilines is 1. The molecule has 0 atom stereocenters. The van der Waals surface area contributed by atoms with E-state index in [1.807, 2.05) is 18.2 Å². The smallest absolute Gasteiger partial charge is 0.124 e. The minimum Gasteiger partial charge on any atom is -0.508 e. The SMILES string of the molecule is COCc1c(Br)cccc1NCc1ccc(O)cc1O. The number of hydrogen-bond acceptors (Lipinski definition) is 4. The van der Waals surface area contributed by atoms with Gasteiger partial charge in [-0.15, -0.1) is 0 Å². The van der Waals surface area contributed by atoms with Crippen LogP contribution in [0.3, 0.4) is 0 Å². The molecule has 106 valence electrons. The van der Waals surface area contributed by atoms with E-state index >= 15 is 0 Å². The number of halogens is 1. The molecule has 3 N–H and O–H groups in total. The Kier molecular flexibility index (Phi) is 4.87. The summed E-state index contributed by atoms with van der Waals surface area (Å²) in [7, 11) is 1.65. The Labute approximate surface area is 126 Å². The van der Waals surface area contributed by atoms with Crippen LogP contribution >= 0.6 is 15.9 Å². The van der Waals surface area contributed by atoms with E-state index in [4.69, 9.17) is 4.74 Å². The first-order chi connectivity index (χ1) is 9.61. The average molecular weight is 338 g/mol. The quantitative estimate of drug-likeness (QED) is 0.779. The van der Waals surface area contributed by atoms with Crippen LogP contribution in [-0.2, 0) is 17.9 Å². The third-order valence-corrected chi connectivity index (χ3v) is 3.69. The summed E-state index contributed by atoms with van der Waals surface area (Å²) in [6, 6.07) is 10.4. The highest BCUT2D eigenvalue weighted by atomic mass is 79.9. The lowest BCUT2D eigenvalue weighted by Crippen LogP contribution is -2.04. The van der Waals surface area contributed by atoms with Gasteiger partial charge in [0.05, 0.1) is 6.61 Å². The molecule has 0 aliphatic rings. The molecule has 0 aliphatic carbocycles. The van der Waals surface area contributed by atoms with Crippen LogP contribution in [0.15, 0.2) is 40.9 Å². The minimum atomic E-state index is 0.0498. The molecular formula is C15H16BrNO3. The van der Waals surface area contributed by atoms with Gasteiger partial charge in [-0.3, -0.25) is 0 Å². The van der Waals surface area contributed by atoms with Gasteiger partial charge in [0, 0.05) is 41.0 Å². The molecule has 2 aromatic carbocycles. The molecule has 0 saturated heterocycles. The first kappa shape index (κ1) is 14.7. The molecule has 5 heteroatoms. The van der Waals surface area contributed by atoms with E-state index in [9.17, 15) is 10.2 Å². The molecule has 0 unspecified atom stereocenters. The van der Waals surface area contributed by atoms with Gasteiger partial charge in [0.15, 0.2) is 0 Å². The van der Waals surface area contributed by atoms with Gasteiger partial charge in [-0.25, -0.2) is 0 Å². The molecule has 0 bridgehead atoms. The van der Waals surface area contributed by atoms with Gasteiger partial charge in [-0.2, -0.15) is 0 Å². The average Bonchev–Trinajstić information content (AvgIpc) is 2.41. The summed E-state index contributed by atoms with van der Waals surface area (Å²) < 4.78 is 6.16. The maximum absolute atomic E-state index is 9.76. The summed E-state index contributed by atoms with van der Waals surface area (Å²) in [5.74, 6) is 0.120. The van der Waals surface area contributed by atoms with Crippen LogP contribution in [0.2, 0.25) is 0 Å². The van der Waals surface area contributed by atoms with Crippen LogP contribution in [-0.4, -0.2) is 17.3 Å². The Balaban J connectivity index is 2.16. The summed E-state index contributed by atoms with van der Waals surface area (Å²) >= 11 is 3.50. The highest BCUT2D eigenvalue weighted by Crippen LogP contribution is 2.28. The monoisotopic (exact) mass is 337 g/mol. The number of methoxy groups -OCH3 is 1. The molecule has 4 nitrogen and oxygen atoms in total. The number of phenolic OH excluding ortho intramolecular Hbond substituents is 2. The first-order valence-electron chi connectivity index (χ1n) is 6.13. The summed E-state index contributed by atoms with van der Waals surface area (Å²) in [5, 5.41) is 22.3. The van der Waals surface area contributed by atoms with Crippen LogP contribution in [0.25, 0.3) is 0 Å². The number of nitrogens with one attached hydrogen (secondary N) is 1. The molecular weight excluding hydrogens is 322 g/mol. The summed E-state index contributed by atoms with van der Waals surface area (Å²) in [5.41, 5.74) is 2.67. The Morgan fingerprint density at radius 1 is 1.20 bits per heavy atom. The van der Waals surface area contributed by atoms with E-state index in [1.54, 1.807) is 19.2 Å². The number of rotatable bonds is 5. The third kappa shape index (κ3) is 3.43. The van der Waals surface area contributed by atoms with Crippen molar-refractivity contribution >= 4 is 21.6 Å². The van der Waals surface area contributed by atoms with Crippen LogP contribution in [0.1, 0.15) is 11.1 Å². The Bertz CT molecular complexity index is 602. The van der Waals surface area contributed by atoms with E-state index in [-0.39, 0.29) is 11.5 Å². The maximum Gasteiger partial charge on any atom is 0.124 e. The lowest BCUT2D eigenvalue weighted by atomic mass is 10.1. The normalized spacial score (nSPS) is 10.5. The number of benzene rings is 2. The van der Waals surface area contributed by atoms with Crippen molar-refractivity contribution in [2.45, 2.75) is 13.2 Å². The fourth-order valence-electron chi connectivity index (χ4n) is 1.91. The van der Waals surface area contributed by atoms with Crippen molar-refractivity contribution in [1.29, 1.82) is 0 Å². The molecule has 0 amide bonds. The van der Waals surface area contributed by atoms with E-state index in [1.165, 1.54) is 6.07 Å². The molecule has 0 fully saturated rings. The van der Waals surface area contributed by atoms with Crippen LogP contribution in [0.5, 0.6) is 11.5 Å². The third-order valence-electron chi connectivity index (χ3n) is 2.95. The molecule has 2 rings (SSSR count). The van der Waals surface area contributed by atoms with Crippen molar-refractivity contribution in [2.75, 3.05) is 12.4 Å². The highest BCUT2D eigenvalue weighted by Gasteiger charge is 2.08. The maximum atomic E-state index is 9.76. The second kappa shape index (κ2) is 6.63. The van der Waals surface area contributed by atoms with Crippen molar-refractivity contribution in [2.24, 2.45) is 0 Å². The van der Waals surface area contributed by atoms with E-state index in [0.717, 1.165) is 15.7 Å². The Hall–Kier alpha value is -1.72. The zero-order chi connectivity index (χ0) is 14.5. The lowest BCUT2D eigenvalue weighted by Gasteiger charge is -2.14. The number of phenols is 2. The van der Waals surface area contributed by atoms with Gasteiger partial charge in [0.1, 0.15) is 11.5 Å². The molecule has 0 saturated carbocycles. The summed E-state index contributed by atoms with van der Waals surface area (Å²) in [4.78, 5) is 0. The van der Waals surface area contributed by atoms with Crippen molar-refractivity contribution in [3.05, 3.63) is 52.0 Å². The van der Waals surface area contributed by atoms with Gasteiger partial charge in [-0.05, 0) is 24.3 Å². The number of aromatic hydroxyl groups is 2. The van der Waals surface area contributed by atoms with Gasteiger partial charge >= 0.3 is 0 Å². The zero-order valence-corrected chi connectivity index (χ0v) is 12.6. The molecule has 0 aromatic heterocycles. The molecule has 0 spiro atoms. The van der Waals surface area contributed by atoms with Crippen molar-refractivity contribution in [3.63, 3.8) is 0 Å². The van der Waals surface area contributed by atoms with Gasteiger partial charge in [0.2, 0.25) is 0 Å². The predicted molar refractivity (Wildman–Crippen MR) is 82.0 cm³/mol. The van der Waals surface area contributed by atoms with Crippen LogP contribution < -0.4 is 5.32 Å². The zero-order valence-electron chi connectivity index (χ0n) is 11.1. The Morgan fingerprint density at radius 3 is 2.70 bits per heavy atom.